The minimum atomic E-state index is -2.10. The van der Waals surface area contributed by atoms with Crippen LogP contribution in [0, 0.1) is 0 Å². The van der Waals surface area contributed by atoms with E-state index in [1.54, 1.807) is 0 Å². The van der Waals surface area contributed by atoms with Crippen LogP contribution in [-0.4, -0.2) is 39.2 Å². The van der Waals surface area contributed by atoms with Gasteiger partial charge in [-0.3, -0.25) is 0 Å². The Morgan fingerprint density at radius 2 is 2.00 bits per heavy atom. The first-order valence-corrected chi connectivity index (χ1v) is 5.78. The van der Waals surface area contributed by atoms with E-state index in [2.05, 4.69) is 0 Å². The van der Waals surface area contributed by atoms with Crippen molar-refractivity contribution in [3.05, 3.63) is 0 Å². The van der Waals surface area contributed by atoms with E-state index in [1.807, 2.05) is 0 Å². The number of hydrogen-bond acceptors (Lipinski definition) is 5. The zero-order chi connectivity index (χ0) is 9.72. The Morgan fingerprint density at radius 3 is 2.36 bits per heavy atom. The summed E-state index contributed by atoms with van der Waals surface area (Å²) in [5.74, 6) is -1.65. The molecule has 2 atom stereocenters. The Hall–Kier alpha value is 0.140. The molecule has 7 heteroatoms. The Morgan fingerprint density at radius 1 is 1.45 bits per heavy atom. The van der Waals surface area contributed by atoms with Crippen LogP contribution >= 0.6 is 8.93 Å². The van der Waals surface area contributed by atoms with Gasteiger partial charge in [-0.2, -0.15) is 0 Å². The molecular formula is C4H6IO5S-. The molecular weight excluding hydrogens is 287 g/mol. The number of carboxylic acid groups (broad SMARTS) is 1. The first kappa shape index (κ1) is 9.23. The van der Waals surface area contributed by atoms with E-state index in [-0.39, 0.29) is 0 Å². The van der Waals surface area contributed by atoms with Gasteiger partial charge in [-0.25, -0.2) is 0 Å². The molecule has 0 aliphatic heterocycles. The van der Waals surface area contributed by atoms with E-state index in [1.165, 1.54) is 0 Å². The van der Waals surface area contributed by atoms with Gasteiger partial charge in [-0.1, -0.05) is 0 Å². The van der Waals surface area contributed by atoms with Gasteiger partial charge < -0.3 is 0 Å². The van der Waals surface area contributed by atoms with Crippen LogP contribution in [0.3, 0.4) is 0 Å². The van der Waals surface area contributed by atoms with Gasteiger partial charge in [-0.05, 0) is 0 Å². The molecule has 0 unspecified atom stereocenters. The third kappa shape index (κ3) is 3.36. The molecule has 0 saturated carbocycles. The van der Waals surface area contributed by atoms with Gasteiger partial charge in [0.05, 0.1) is 0 Å². The van der Waals surface area contributed by atoms with Crippen LogP contribution in [0.5, 0.6) is 0 Å². The van der Waals surface area contributed by atoms with Crippen molar-refractivity contribution in [2.45, 2.75) is 12.2 Å². The average molecular weight is 295 g/mol. The summed E-state index contributed by atoms with van der Waals surface area (Å²) >= 11 is -1.16. The fraction of sp³-hybridized carbons (Fsp3) is 0.500. The van der Waals surface area contributed by atoms with Crippen LogP contribution < -0.4 is 21.0 Å². The van der Waals surface area contributed by atoms with Crippen molar-refractivity contribution in [2.24, 2.45) is 0 Å². The Labute approximate surface area is 78.8 Å². The standard InChI is InChI=1S/C4H6IO5S/c5-11-4(10)2(7)1(6)3(8)9/h1-2,5-7H,(H,8,9)/q-1/t1-,2-/m0/s1/i5T. The van der Waals surface area contributed by atoms with Crippen LogP contribution in [0.15, 0.2) is 0 Å². The summed E-state index contributed by atoms with van der Waals surface area (Å²) in [6.45, 7) is 0. The zero-order valence-electron chi connectivity index (χ0n) is 6.10. The fourth-order valence-electron chi connectivity index (χ4n) is 0.310. The van der Waals surface area contributed by atoms with Gasteiger partial charge in [-0.15, -0.1) is 0 Å². The first-order chi connectivity index (χ1) is 5.50. The maximum atomic E-state index is 10.7. The molecule has 5 nitrogen and oxygen atoms in total. The van der Waals surface area contributed by atoms with Crippen molar-refractivity contribution in [3.8, 4) is 0 Å². The van der Waals surface area contributed by atoms with Crippen LogP contribution in [0.4, 0.5) is 0 Å². The van der Waals surface area contributed by atoms with Gasteiger partial charge in [0.2, 0.25) is 0 Å². The second-order valence-corrected chi connectivity index (χ2v) is 3.50. The topological polar surface area (TPSA) is 94.8 Å². The van der Waals surface area contributed by atoms with E-state index >= 15 is 0 Å². The molecule has 0 aromatic rings. The normalized spacial score (nSPS) is 17.1. The Balaban J connectivity index is 4.09. The molecule has 0 spiro atoms. The van der Waals surface area contributed by atoms with Crippen LogP contribution in [-0.2, 0) is 9.59 Å². The van der Waals surface area contributed by atoms with Gasteiger partial charge in [0.1, 0.15) is 0 Å². The summed E-state index contributed by atoms with van der Waals surface area (Å²) in [6, 6.07) is 0. The van der Waals surface area contributed by atoms with E-state index in [9.17, 15) is 9.59 Å². The fourth-order valence-corrected chi connectivity index (χ4v) is 1.31. The SMILES string of the molecule is [3H][I-]SC(=O)[C@@H](O)[C@H](O)C(=O)O. The molecule has 0 fully saturated rings. The number of carbonyl (C=O) groups is 2. The Bertz CT molecular complexity index is 188. The molecule has 0 aromatic heterocycles. The van der Waals surface area contributed by atoms with Crippen molar-refractivity contribution in [3.63, 3.8) is 0 Å². The van der Waals surface area contributed by atoms with Gasteiger partial charge >= 0.3 is 78.7 Å². The number of aliphatic hydroxyl groups excluding tert-OH is 2. The van der Waals surface area contributed by atoms with Gasteiger partial charge in [0.15, 0.2) is 0 Å². The molecule has 0 saturated heterocycles. The second kappa shape index (κ2) is 4.91. The van der Waals surface area contributed by atoms with E-state index in [4.69, 9.17) is 15.9 Å². The number of carboxylic acids is 1. The van der Waals surface area contributed by atoms with Crippen molar-refractivity contribution in [1.82, 2.24) is 0 Å². The maximum absolute atomic E-state index is 10.7. The molecule has 0 aliphatic rings. The number of aliphatic carboxylic acids is 1. The van der Waals surface area contributed by atoms with E-state index < -0.39 is 44.3 Å². The molecule has 0 aliphatic carbocycles. The zero-order valence-corrected chi connectivity index (χ0v) is 8.07. The molecule has 11 heavy (non-hydrogen) atoms. The van der Waals surface area contributed by atoms with E-state index in [0.29, 0.717) is 8.93 Å². The molecule has 0 aromatic carbocycles. The van der Waals surface area contributed by atoms with Crippen LogP contribution in [0.2, 0.25) is 0 Å². The molecule has 66 valence electrons. The Kier molecular flexibility index (Phi) is 4.12. The summed E-state index contributed by atoms with van der Waals surface area (Å²) < 4.78 is 6.69. The number of carbonyl (C=O) groups excluding carboxylic acids is 1. The average Bonchev–Trinajstić information content (AvgIpc) is 2.02. The summed E-state index contributed by atoms with van der Waals surface area (Å²) in [7, 11) is 0.550. The van der Waals surface area contributed by atoms with Gasteiger partial charge in [0, 0.05) is 0 Å². The number of aliphatic hydroxyl groups is 2. The summed E-state index contributed by atoms with van der Waals surface area (Å²) in [5.41, 5.74) is 0. The van der Waals surface area contributed by atoms with Crippen molar-refractivity contribution >= 4 is 20.0 Å². The molecule has 0 heterocycles. The van der Waals surface area contributed by atoms with Crippen molar-refractivity contribution in [1.29, 1.82) is 0.594 Å². The summed E-state index contributed by atoms with van der Waals surface area (Å²) in [5, 5.41) is 24.8. The molecule has 0 radical (unpaired) electrons. The number of hydrogen-bond donors (Lipinski definition) is 3. The minimum absolute atomic E-state index is 0.550. The monoisotopic (exact) mass is 295 g/mol. The third-order valence-electron chi connectivity index (χ3n) is 0.870. The predicted molar refractivity (Wildman–Crippen MR) is 33.6 cm³/mol. The van der Waals surface area contributed by atoms with Crippen LogP contribution in [0.25, 0.3) is 0 Å². The first-order valence-electron chi connectivity index (χ1n) is 2.80. The third-order valence-corrected chi connectivity index (χ3v) is 2.57. The molecule has 0 bridgehead atoms. The molecule has 0 rings (SSSR count). The van der Waals surface area contributed by atoms with Gasteiger partial charge in [0.25, 0.3) is 0 Å². The summed E-state index contributed by atoms with van der Waals surface area (Å²) in [6.07, 6.45) is -4.03. The van der Waals surface area contributed by atoms with Crippen molar-refractivity contribution in [2.75, 3.05) is 0 Å². The molecule has 3 N–H and O–H groups in total. The van der Waals surface area contributed by atoms with Crippen molar-refractivity contribution < 1.29 is 45.9 Å². The van der Waals surface area contributed by atoms with Crippen LogP contribution in [0.1, 0.15) is 0 Å². The number of halogens is 1. The number of rotatable bonds is 4. The van der Waals surface area contributed by atoms with E-state index in [0.717, 1.165) is 0 Å². The quantitative estimate of drug-likeness (QED) is 0.451. The predicted octanol–water partition coefficient (Wildman–Crippen LogP) is -4.75. The second-order valence-electron chi connectivity index (χ2n) is 1.62. The molecule has 0 amide bonds. The summed E-state index contributed by atoms with van der Waals surface area (Å²) in [4.78, 5) is 20.7.